The molecule has 0 aliphatic carbocycles. The molecule has 0 N–H and O–H groups in total. The highest BCUT2D eigenvalue weighted by atomic mass is 35.5. The average Bonchev–Trinajstić information content (AvgIpc) is 2.02. The molecule has 76 valence electrons. The van der Waals surface area contributed by atoms with Crippen molar-refractivity contribution in [2.45, 2.75) is 4.90 Å². The molecule has 0 radical (unpaired) electrons. The van der Waals surface area contributed by atoms with Crippen molar-refractivity contribution in [2.75, 3.05) is 0 Å². The molecule has 0 bridgehead atoms. The Labute approximate surface area is 91.1 Å². The lowest BCUT2D eigenvalue weighted by molar-refractivity contribution is -0.384. The second kappa shape index (κ2) is 4.22. The molecular formula is C6H2Cl2NO4S-. The van der Waals surface area contributed by atoms with Gasteiger partial charge in [-0.3, -0.25) is 14.3 Å². The molecule has 1 aromatic carbocycles. The van der Waals surface area contributed by atoms with Crippen LogP contribution in [0.15, 0.2) is 17.0 Å². The summed E-state index contributed by atoms with van der Waals surface area (Å²) in [5, 5.41) is 9.76. The van der Waals surface area contributed by atoms with Crippen LogP contribution in [0.4, 0.5) is 5.69 Å². The molecule has 0 saturated carbocycles. The van der Waals surface area contributed by atoms with Crippen LogP contribution in [0.1, 0.15) is 0 Å². The van der Waals surface area contributed by atoms with Gasteiger partial charge in [-0.15, -0.1) is 0 Å². The fourth-order valence-electron chi connectivity index (χ4n) is 0.816. The molecule has 0 spiro atoms. The summed E-state index contributed by atoms with van der Waals surface area (Å²) in [6.45, 7) is 0. The maximum Gasteiger partial charge on any atom is 0.289 e. The Kier molecular flexibility index (Phi) is 3.43. The van der Waals surface area contributed by atoms with Gasteiger partial charge < -0.3 is 4.55 Å². The molecule has 0 saturated heterocycles. The predicted molar refractivity (Wildman–Crippen MR) is 50.3 cm³/mol. The summed E-state index contributed by atoms with van der Waals surface area (Å²) < 4.78 is 21.3. The molecule has 14 heavy (non-hydrogen) atoms. The van der Waals surface area contributed by atoms with Crippen molar-refractivity contribution < 1.29 is 13.7 Å². The van der Waals surface area contributed by atoms with Gasteiger partial charge in [-0.05, 0) is 17.1 Å². The Bertz CT molecular complexity index is 423. The number of nitrogens with zero attached hydrogens (tertiary/aromatic N) is 1. The molecule has 0 amide bonds. The van der Waals surface area contributed by atoms with E-state index in [2.05, 4.69) is 0 Å². The van der Waals surface area contributed by atoms with Crippen LogP contribution in [0.5, 0.6) is 0 Å². The van der Waals surface area contributed by atoms with Crippen LogP contribution in [0.25, 0.3) is 0 Å². The average molecular weight is 255 g/mol. The van der Waals surface area contributed by atoms with E-state index in [0.29, 0.717) is 0 Å². The van der Waals surface area contributed by atoms with Crippen LogP contribution >= 0.6 is 23.2 Å². The minimum Gasteiger partial charge on any atom is -0.768 e. The van der Waals surface area contributed by atoms with Gasteiger partial charge in [0.1, 0.15) is 5.02 Å². The van der Waals surface area contributed by atoms with E-state index in [4.69, 9.17) is 23.2 Å². The summed E-state index contributed by atoms with van der Waals surface area (Å²) >= 11 is 8.29. The summed E-state index contributed by atoms with van der Waals surface area (Å²) in [6.07, 6.45) is 0. The molecule has 0 heterocycles. The second-order valence-corrected chi connectivity index (χ2v) is 3.86. The topological polar surface area (TPSA) is 83.3 Å². The normalized spacial score (nSPS) is 12.5. The Hall–Kier alpha value is -0.690. The third-order valence-corrected chi connectivity index (χ3v) is 3.07. The quantitative estimate of drug-likeness (QED) is 0.460. The van der Waals surface area contributed by atoms with E-state index in [0.717, 1.165) is 12.1 Å². The van der Waals surface area contributed by atoms with Crippen molar-refractivity contribution in [3.8, 4) is 0 Å². The number of nitro benzene ring substituents is 1. The highest BCUT2D eigenvalue weighted by molar-refractivity contribution is 7.79. The molecule has 1 atom stereocenters. The van der Waals surface area contributed by atoms with E-state index in [1.807, 2.05) is 0 Å². The van der Waals surface area contributed by atoms with E-state index >= 15 is 0 Å². The predicted octanol–water partition coefficient (Wildman–Crippen LogP) is 2.14. The molecule has 5 nitrogen and oxygen atoms in total. The summed E-state index contributed by atoms with van der Waals surface area (Å²) in [6, 6.07) is 2.15. The maximum atomic E-state index is 10.6. The van der Waals surface area contributed by atoms with Gasteiger partial charge in [-0.25, -0.2) is 0 Å². The van der Waals surface area contributed by atoms with E-state index in [9.17, 15) is 18.9 Å². The van der Waals surface area contributed by atoms with E-state index < -0.39 is 31.6 Å². The number of benzene rings is 1. The van der Waals surface area contributed by atoms with Crippen LogP contribution in [0.3, 0.4) is 0 Å². The smallest absolute Gasteiger partial charge is 0.289 e. The molecule has 1 unspecified atom stereocenters. The third-order valence-electron chi connectivity index (χ3n) is 1.39. The van der Waals surface area contributed by atoms with Gasteiger partial charge >= 0.3 is 0 Å². The fourth-order valence-corrected chi connectivity index (χ4v) is 2.11. The van der Waals surface area contributed by atoms with Gasteiger partial charge in [0, 0.05) is 6.07 Å². The van der Waals surface area contributed by atoms with Gasteiger partial charge in [-0.1, -0.05) is 23.2 Å². The molecule has 0 aliphatic heterocycles. The molecule has 0 aromatic heterocycles. The van der Waals surface area contributed by atoms with Crippen molar-refractivity contribution in [1.82, 2.24) is 0 Å². The number of nitro groups is 1. The van der Waals surface area contributed by atoms with E-state index in [1.165, 1.54) is 0 Å². The second-order valence-electron chi connectivity index (χ2n) is 2.20. The summed E-state index contributed by atoms with van der Waals surface area (Å²) in [5.74, 6) is 0. The molecule has 1 rings (SSSR count). The Morgan fingerprint density at radius 2 is 1.93 bits per heavy atom. The Balaban J connectivity index is 3.49. The first-order valence-corrected chi connectivity index (χ1v) is 5.00. The zero-order valence-corrected chi connectivity index (χ0v) is 8.73. The van der Waals surface area contributed by atoms with Crippen molar-refractivity contribution in [3.63, 3.8) is 0 Å². The largest absolute Gasteiger partial charge is 0.768 e. The van der Waals surface area contributed by atoms with Crippen molar-refractivity contribution >= 4 is 40.0 Å². The van der Waals surface area contributed by atoms with Crippen LogP contribution < -0.4 is 0 Å². The number of hydrogen-bond acceptors (Lipinski definition) is 4. The highest BCUT2D eigenvalue weighted by Crippen LogP contribution is 2.34. The zero-order valence-electron chi connectivity index (χ0n) is 6.40. The van der Waals surface area contributed by atoms with Crippen LogP contribution in [-0.4, -0.2) is 13.7 Å². The van der Waals surface area contributed by atoms with Crippen LogP contribution in [0.2, 0.25) is 10.0 Å². The summed E-state index contributed by atoms with van der Waals surface area (Å²) in [5.41, 5.74) is -0.490. The SMILES string of the molecule is O=[N+]([O-])c1ccc(Cl)c(S(=O)[O-])c1Cl. The number of hydrogen-bond donors (Lipinski definition) is 0. The Morgan fingerprint density at radius 1 is 1.36 bits per heavy atom. The first kappa shape index (κ1) is 11.4. The lowest BCUT2D eigenvalue weighted by Crippen LogP contribution is -1.96. The van der Waals surface area contributed by atoms with Gasteiger partial charge in [0.05, 0.1) is 14.8 Å². The van der Waals surface area contributed by atoms with Gasteiger partial charge in [0.15, 0.2) is 0 Å². The van der Waals surface area contributed by atoms with E-state index in [1.54, 1.807) is 0 Å². The van der Waals surface area contributed by atoms with Crippen molar-refractivity contribution in [1.29, 1.82) is 0 Å². The van der Waals surface area contributed by atoms with Crippen molar-refractivity contribution in [3.05, 3.63) is 32.3 Å². The van der Waals surface area contributed by atoms with E-state index in [-0.39, 0.29) is 5.02 Å². The molecule has 0 aliphatic rings. The Morgan fingerprint density at radius 3 is 2.36 bits per heavy atom. The molecule has 1 aromatic rings. The van der Waals surface area contributed by atoms with Gasteiger partial charge in [-0.2, -0.15) is 0 Å². The number of halogens is 2. The molecular weight excluding hydrogens is 253 g/mol. The van der Waals surface area contributed by atoms with Crippen LogP contribution in [-0.2, 0) is 11.1 Å². The zero-order chi connectivity index (χ0) is 10.9. The summed E-state index contributed by atoms with van der Waals surface area (Å²) in [7, 11) is 0. The fraction of sp³-hybridized carbons (Fsp3) is 0. The first-order chi connectivity index (χ1) is 6.45. The first-order valence-electron chi connectivity index (χ1n) is 3.16. The lowest BCUT2D eigenvalue weighted by Gasteiger charge is -2.09. The van der Waals surface area contributed by atoms with Gasteiger partial charge in [0.2, 0.25) is 0 Å². The highest BCUT2D eigenvalue weighted by Gasteiger charge is 2.18. The molecule has 8 heteroatoms. The van der Waals surface area contributed by atoms with Crippen molar-refractivity contribution in [2.24, 2.45) is 0 Å². The third kappa shape index (κ3) is 2.03. The maximum absolute atomic E-state index is 10.6. The van der Waals surface area contributed by atoms with Gasteiger partial charge in [0.25, 0.3) is 5.69 Å². The minimum absolute atomic E-state index is 0.145. The standard InChI is InChI=1S/C6H3Cl2NO4S/c7-3-1-2-4(9(10)11)5(8)6(3)14(12)13/h1-2H,(H,12,13)/p-1. The number of rotatable bonds is 2. The molecule has 0 fully saturated rings. The lowest BCUT2D eigenvalue weighted by atomic mass is 10.3. The monoisotopic (exact) mass is 254 g/mol. The summed E-state index contributed by atoms with van der Waals surface area (Å²) in [4.78, 5) is 9.15. The van der Waals surface area contributed by atoms with Crippen LogP contribution in [0, 0.1) is 10.1 Å². The minimum atomic E-state index is -2.70.